The van der Waals surface area contributed by atoms with Gasteiger partial charge in [0.05, 0.1) is 25.4 Å². The van der Waals surface area contributed by atoms with E-state index >= 15 is 0 Å². The zero-order valence-corrected chi connectivity index (χ0v) is 9.40. The molecule has 0 atom stereocenters. The van der Waals surface area contributed by atoms with Crippen LogP contribution >= 0.6 is 0 Å². The molecule has 0 saturated heterocycles. The molecular weight excluding hydrogens is 224 g/mol. The normalized spacial score (nSPS) is 10.5. The maximum absolute atomic E-state index is 10.9. The van der Waals surface area contributed by atoms with E-state index in [2.05, 4.69) is 4.98 Å². The van der Waals surface area contributed by atoms with Gasteiger partial charge in [-0.2, -0.15) is 0 Å². The maximum Gasteiger partial charge on any atom is 0.352 e. The summed E-state index contributed by atoms with van der Waals surface area (Å²) in [6, 6.07) is 3.05. The lowest BCUT2D eigenvalue weighted by molar-refractivity contribution is 0.0691. The Hall–Kier alpha value is -2.37. The van der Waals surface area contributed by atoms with E-state index < -0.39 is 5.97 Å². The number of nitrogens with one attached hydrogen (secondary N) is 1. The van der Waals surface area contributed by atoms with Gasteiger partial charge in [0.25, 0.3) is 0 Å². The maximum atomic E-state index is 10.9. The molecule has 6 nitrogen and oxygen atoms in total. The minimum Gasteiger partial charge on any atom is -0.494 e. The summed E-state index contributed by atoms with van der Waals surface area (Å²) in [6.07, 6.45) is 0. The number of aromatic amines is 1. The van der Waals surface area contributed by atoms with Crippen LogP contribution in [-0.4, -0.2) is 30.3 Å². The molecule has 0 spiro atoms. The molecule has 0 aliphatic rings. The fraction of sp³-hybridized carbons (Fsp3) is 0.182. The Morgan fingerprint density at radius 1 is 1.35 bits per heavy atom. The Morgan fingerprint density at radius 2 is 2.06 bits per heavy atom. The van der Waals surface area contributed by atoms with Gasteiger partial charge in [0, 0.05) is 11.5 Å². The van der Waals surface area contributed by atoms with E-state index in [4.69, 9.17) is 20.3 Å². The highest BCUT2D eigenvalue weighted by molar-refractivity contribution is 6.01. The number of aromatic nitrogens is 1. The highest BCUT2D eigenvalue weighted by Crippen LogP contribution is 2.38. The largest absolute Gasteiger partial charge is 0.494 e. The molecule has 0 aliphatic heterocycles. The number of ether oxygens (including phenoxy) is 2. The number of methoxy groups -OCH3 is 2. The number of carboxylic acids is 1. The van der Waals surface area contributed by atoms with Gasteiger partial charge in [-0.1, -0.05) is 0 Å². The third-order valence-electron chi connectivity index (χ3n) is 2.51. The van der Waals surface area contributed by atoms with Gasteiger partial charge in [0.15, 0.2) is 5.75 Å². The molecule has 1 aromatic heterocycles. The Morgan fingerprint density at radius 3 is 2.59 bits per heavy atom. The number of nitrogen functional groups attached to an aromatic ring is 1. The summed E-state index contributed by atoms with van der Waals surface area (Å²) in [7, 11) is 2.97. The van der Waals surface area contributed by atoms with Gasteiger partial charge in [-0.25, -0.2) is 4.79 Å². The minimum atomic E-state index is -1.05. The highest BCUT2D eigenvalue weighted by atomic mass is 16.5. The summed E-state index contributed by atoms with van der Waals surface area (Å²) >= 11 is 0. The predicted octanol–water partition coefficient (Wildman–Crippen LogP) is 1.47. The number of aromatic carboxylic acids is 1. The van der Waals surface area contributed by atoms with E-state index in [0.29, 0.717) is 28.1 Å². The molecule has 0 saturated carbocycles. The van der Waals surface area contributed by atoms with Gasteiger partial charge >= 0.3 is 5.97 Å². The molecule has 90 valence electrons. The molecule has 1 heterocycles. The van der Waals surface area contributed by atoms with Crippen molar-refractivity contribution in [2.24, 2.45) is 0 Å². The standard InChI is InChI=1S/C11H12N2O4/c1-16-8-4-6(12)10(17-2)5-3-7(11(14)15)13-9(5)8/h3-4,13H,12H2,1-2H3,(H,14,15). The number of anilines is 1. The first-order valence-corrected chi connectivity index (χ1v) is 4.85. The van der Waals surface area contributed by atoms with Gasteiger partial charge in [-0.3, -0.25) is 0 Å². The smallest absolute Gasteiger partial charge is 0.352 e. The summed E-state index contributed by atoms with van der Waals surface area (Å²) in [5.41, 5.74) is 6.80. The molecule has 0 aliphatic carbocycles. The number of fused-ring (bicyclic) bond motifs is 1. The number of rotatable bonds is 3. The molecule has 6 heteroatoms. The van der Waals surface area contributed by atoms with Crippen molar-refractivity contribution in [2.75, 3.05) is 20.0 Å². The summed E-state index contributed by atoms with van der Waals surface area (Å²) in [5.74, 6) is -0.140. The van der Waals surface area contributed by atoms with Gasteiger partial charge in [-0.05, 0) is 6.07 Å². The van der Waals surface area contributed by atoms with Crippen molar-refractivity contribution >= 4 is 22.6 Å². The third kappa shape index (κ3) is 1.63. The molecule has 0 amide bonds. The van der Waals surface area contributed by atoms with Crippen LogP contribution in [0, 0.1) is 0 Å². The van der Waals surface area contributed by atoms with Crippen molar-refractivity contribution in [3.63, 3.8) is 0 Å². The zero-order chi connectivity index (χ0) is 12.6. The number of benzene rings is 1. The molecule has 4 N–H and O–H groups in total. The molecule has 2 rings (SSSR count). The second-order valence-electron chi connectivity index (χ2n) is 3.48. The van der Waals surface area contributed by atoms with Crippen LogP contribution in [0.5, 0.6) is 11.5 Å². The topological polar surface area (TPSA) is 97.6 Å². The van der Waals surface area contributed by atoms with E-state index in [-0.39, 0.29) is 5.69 Å². The van der Waals surface area contributed by atoms with Gasteiger partial charge in [0.2, 0.25) is 0 Å². The lowest BCUT2D eigenvalue weighted by Crippen LogP contribution is -1.95. The van der Waals surface area contributed by atoms with Gasteiger partial charge in [0.1, 0.15) is 11.4 Å². The molecule has 0 fully saturated rings. The van der Waals surface area contributed by atoms with E-state index in [1.807, 2.05) is 0 Å². The van der Waals surface area contributed by atoms with Gasteiger partial charge < -0.3 is 25.3 Å². The first-order valence-electron chi connectivity index (χ1n) is 4.85. The SMILES string of the molecule is COc1c(N)cc(OC)c2[nH]c(C(=O)O)cc12. The number of nitrogens with two attached hydrogens (primary N) is 1. The van der Waals surface area contributed by atoms with Crippen LogP contribution in [0.15, 0.2) is 12.1 Å². The van der Waals surface area contributed by atoms with Crippen molar-refractivity contribution in [1.82, 2.24) is 4.98 Å². The number of hydrogen-bond acceptors (Lipinski definition) is 4. The molecular formula is C11H12N2O4. The lowest BCUT2D eigenvalue weighted by Gasteiger charge is -2.09. The lowest BCUT2D eigenvalue weighted by atomic mass is 10.2. The van der Waals surface area contributed by atoms with Crippen molar-refractivity contribution in [2.45, 2.75) is 0 Å². The first-order chi connectivity index (χ1) is 8.08. The van der Waals surface area contributed by atoms with Crippen molar-refractivity contribution < 1.29 is 19.4 Å². The fourth-order valence-corrected chi connectivity index (χ4v) is 1.77. The van der Waals surface area contributed by atoms with Crippen LogP contribution in [-0.2, 0) is 0 Å². The average molecular weight is 236 g/mol. The third-order valence-corrected chi connectivity index (χ3v) is 2.51. The minimum absolute atomic E-state index is 0.0576. The Kier molecular flexibility index (Phi) is 2.55. The zero-order valence-electron chi connectivity index (χ0n) is 9.40. The predicted molar refractivity (Wildman–Crippen MR) is 62.8 cm³/mol. The van der Waals surface area contributed by atoms with Crippen molar-refractivity contribution in [1.29, 1.82) is 0 Å². The Labute approximate surface area is 96.9 Å². The van der Waals surface area contributed by atoms with E-state index in [9.17, 15) is 4.79 Å². The number of carbonyl (C=O) groups is 1. The second kappa shape index (κ2) is 3.89. The molecule has 0 radical (unpaired) electrons. The summed E-state index contributed by atoms with van der Waals surface area (Å²) in [6.45, 7) is 0. The van der Waals surface area contributed by atoms with E-state index in [1.54, 1.807) is 6.07 Å². The van der Waals surface area contributed by atoms with Crippen molar-refractivity contribution in [3.05, 3.63) is 17.8 Å². The Bertz CT molecular complexity index is 589. The monoisotopic (exact) mass is 236 g/mol. The fourth-order valence-electron chi connectivity index (χ4n) is 1.77. The molecule has 0 unspecified atom stereocenters. The van der Waals surface area contributed by atoms with Crippen LogP contribution in [0.25, 0.3) is 10.9 Å². The van der Waals surface area contributed by atoms with Crippen LogP contribution in [0.2, 0.25) is 0 Å². The Balaban J connectivity index is 2.82. The number of H-pyrrole nitrogens is 1. The molecule has 17 heavy (non-hydrogen) atoms. The summed E-state index contributed by atoms with van der Waals surface area (Å²) in [5, 5.41) is 9.52. The van der Waals surface area contributed by atoms with E-state index in [0.717, 1.165) is 0 Å². The highest BCUT2D eigenvalue weighted by Gasteiger charge is 2.17. The van der Waals surface area contributed by atoms with Crippen LogP contribution in [0.3, 0.4) is 0 Å². The van der Waals surface area contributed by atoms with Crippen LogP contribution in [0.4, 0.5) is 5.69 Å². The quantitative estimate of drug-likeness (QED) is 0.701. The van der Waals surface area contributed by atoms with Crippen LogP contribution in [0.1, 0.15) is 10.5 Å². The second-order valence-corrected chi connectivity index (χ2v) is 3.48. The van der Waals surface area contributed by atoms with Gasteiger partial charge in [-0.15, -0.1) is 0 Å². The number of carboxylic acid groups (broad SMARTS) is 1. The van der Waals surface area contributed by atoms with Crippen LogP contribution < -0.4 is 15.2 Å². The molecule has 0 bridgehead atoms. The summed E-state index contributed by atoms with van der Waals surface area (Å²) < 4.78 is 10.3. The average Bonchev–Trinajstić information content (AvgIpc) is 2.72. The summed E-state index contributed by atoms with van der Waals surface area (Å²) in [4.78, 5) is 13.7. The van der Waals surface area contributed by atoms with Crippen molar-refractivity contribution in [3.8, 4) is 11.5 Å². The number of hydrogen-bond donors (Lipinski definition) is 3. The first kappa shape index (κ1) is 11.1. The van der Waals surface area contributed by atoms with E-state index in [1.165, 1.54) is 20.3 Å². The molecule has 2 aromatic rings. The molecule has 1 aromatic carbocycles.